The van der Waals surface area contributed by atoms with Gasteiger partial charge in [-0.1, -0.05) is 18.5 Å². The monoisotopic (exact) mass is 267 g/mol. The van der Waals surface area contributed by atoms with Gasteiger partial charge in [0.2, 0.25) is 0 Å². The highest BCUT2D eigenvalue weighted by Gasteiger charge is 2.20. The van der Waals surface area contributed by atoms with Gasteiger partial charge in [-0.3, -0.25) is 4.79 Å². The van der Waals surface area contributed by atoms with E-state index in [1.165, 1.54) is 0 Å². The van der Waals surface area contributed by atoms with E-state index in [1.807, 2.05) is 4.90 Å². The number of carbonyl (C=O) groups excluding carboxylic acids is 1. The van der Waals surface area contributed by atoms with Gasteiger partial charge in [-0.2, -0.15) is 0 Å². The zero-order chi connectivity index (χ0) is 13.0. The Morgan fingerprint density at radius 2 is 2.22 bits per heavy atom. The molecular weight excluding hydrogens is 250 g/mol. The molecule has 98 valence electrons. The van der Waals surface area contributed by atoms with E-state index < -0.39 is 0 Å². The molecule has 1 amide bonds. The van der Waals surface area contributed by atoms with Gasteiger partial charge in [0.15, 0.2) is 0 Å². The van der Waals surface area contributed by atoms with Gasteiger partial charge in [-0.05, 0) is 25.3 Å². The third-order valence-electron chi connectivity index (χ3n) is 3.02. The second-order valence-electron chi connectivity index (χ2n) is 4.48. The van der Waals surface area contributed by atoms with Crippen molar-refractivity contribution < 1.29 is 4.79 Å². The molecule has 0 aliphatic carbocycles. The molecule has 2 heterocycles. The summed E-state index contributed by atoms with van der Waals surface area (Å²) in [5.74, 6) is 0.681. The Morgan fingerprint density at radius 1 is 1.50 bits per heavy atom. The first-order valence-electron chi connectivity index (χ1n) is 6.41. The van der Waals surface area contributed by atoms with Crippen LogP contribution in [0.15, 0.2) is 12.3 Å². The second kappa shape index (κ2) is 6.05. The van der Waals surface area contributed by atoms with Crippen molar-refractivity contribution in [2.75, 3.05) is 25.0 Å². The molecule has 5 heteroatoms. The van der Waals surface area contributed by atoms with E-state index in [-0.39, 0.29) is 5.91 Å². The van der Waals surface area contributed by atoms with E-state index >= 15 is 0 Å². The Labute approximate surface area is 112 Å². The Bertz CT molecular complexity index is 430. The van der Waals surface area contributed by atoms with Crippen LogP contribution in [-0.2, 0) is 0 Å². The maximum atomic E-state index is 12.1. The average Bonchev–Trinajstić information content (AvgIpc) is 2.90. The maximum Gasteiger partial charge on any atom is 0.255 e. The Morgan fingerprint density at radius 3 is 2.83 bits per heavy atom. The van der Waals surface area contributed by atoms with Gasteiger partial charge in [0.05, 0.1) is 10.6 Å². The number of amides is 1. The number of hydrogen-bond acceptors (Lipinski definition) is 3. The minimum absolute atomic E-state index is 0.0314. The SMILES string of the molecule is CCCNc1ncc(C(=O)N2CCCC2)cc1Cl. The molecule has 1 aromatic heterocycles. The highest BCUT2D eigenvalue weighted by atomic mass is 35.5. The number of anilines is 1. The van der Waals surface area contributed by atoms with Gasteiger partial charge in [0, 0.05) is 25.8 Å². The molecule has 1 aromatic rings. The molecule has 1 saturated heterocycles. The molecule has 0 spiro atoms. The zero-order valence-corrected chi connectivity index (χ0v) is 11.3. The number of carbonyl (C=O) groups is 1. The van der Waals surface area contributed by atoms with Crippen LogP contribution in [0.2, 0.25) is 5.02 Å². The summed E-state index contributed by atoms with van der Waals surface area (Å²) >= 11 is 6.12. The van der Waals surface area contributed by atoms with Crippen molar-refractivity contribution in [1.29, 1.82) is 0 Å². The van der Waals surface area contributed by atoms with Crippen molar-refractivity contribution in [2.45, 2.75) is 26.2 Å². The first kappa shape index (κ1) is 13.1. The average molecular weight is 268 g/mol. The highest BCUT2D eigenvalue weighted by molar-refractivity contribution is 6.33. The fraction of sp³-hybridized carbons (Fsp3) is 0.538. The zero-order valence-electron chi connectivity index (χ0n) is 10.6. The van der Waals surface area contributed by atoms with E-state index in [1.54, 1.807) is 12.3 Å². The van der Waals surface area contributed by atoms with E-state index in [9.17, 15) is 4.79 Å². The number of rotatable bonds is 4. The van der Waals surface area contributed by atoms with Crippen LogP contribution < -0.4 is 5.32 Å². The molecule has 1 aliphatic rings. The first-order chi connectivity index (χ1) is 8.72. The summed E-state index contributed by atoms with van der Waals surface area (Å²) in [6.45, 7) is 4.58. The molecule has 2 rings (SSSR count). The van der Waals surface area contributed by atoms with Crippen LogP contribution in [0.5, 0.6) is 0 Å². The summed E-state index contributed by atoms with van der Waals surface area (Å²) in [5.41, 5.74) is 0.573. The van der Waals surface area contributed by atoms with Crippen molar-refractivity contribution in [1.82, 2.24) is 9.88 Å². The summed E-state index contributed by atoms with van der Waals surface area (Å²) in [6.07, 6.45) is 4.78. The number of hydrogen-bond donors (Lipinski definition) is 1. The van der Waals surface area contributed by atoms with E-state index in [4.69, 9.17) is 11.6 Å². The largest absolute Gasteiger partial charge is 0.369 e. The third kappa shape index (κ3) is 2.93. The highest BCUT2D eigenvalue weighted by Crippen LogP contribution is 2.21. The summed E-state index contributed by atoms with van der Waals surface area (Å²) in [7, 11) is 0. The van der Waals surface area contributed by atoms with Crippen LogP contribution in [0, 0.1) is 0 Å². The van der Waals surface area contributed by atoms with Crippen LogP contribution in [0.1, 0.15) is 36.5 Å². The molecule has 4 nitrogen and oxygen atoms in total. The van der Waals surface area contributed by atoms with Crippen LogP contribution in [-0.4, -0.2) is 35.4 Å². The number of nitrogens with one attached hydrogen (secondary N) is 1. The van der Waals surface area contributed by atoms with Gasteiger partial charge in [-0.25, -0.2) is 4.98 Å². The van der Waals surface area contributed by atoms with Crippen molar-refractivity contribution in [3.63, 3.8) is 0 Å². The standard InChI is InChI=1S/C13H18ClN3O/c1-2-5-15-12-11(14)8-10(9-16-12)13(18)17-6-3-4-7-17/h8-9H,2-7H2,1H3,(H,15,16). The Balaban J connectivity index is 2.10. The van der Waals surface area contributed by atoms with Crippen molar-refractivity contribution in [2.24, 2.45) is 0 Å². The molecule has 1 aliphatic heterocycles. The molecule has 1 fully saturated rings. The number of nitrogens with zero attached hydrogens (tertiary/aromatic N) is 2. The lowest BCUT2D eigenvalue weighted by Gasteiger charge is -2.15. The van der Waals surface area contributed by atoms with Crippen LogP contribution in [0.4, 0.5) is 5.82 Å². The molecule has 0 unspecified atom stereocenters. The molecule has 0 atom stereocenters. The predicted octanol–water partition coefficient (Wildman–Crippen LogP) is 2.79. The normalized spacial score (nSPS) is 14.9. The molecule has 0 aromatic carbocycles. The maximum absolute atomic E-state index is 12.1. The minimum Gasteiger partial charge on any atom is -0.369 e. The third-order valence-corrected chi connectivity index (χ3v) is 3.31. The molecule has 0 saturated carbocycles. The Kier molecular flexibility index (Phi) is 4.42. The van der Waals surface area contributed by atoms with Gasteiger partial charge >= 0.3 is 0 Å². The molecule has 0 bridgehead atoms. The fourth-order valence-electron chi connectivity index (χ4n) is 2.03. The van der Waals surface area contributed by atoms with Crippen molar-refractivity contribution in [3.05, 3.63) is 22.8 Å². The van der Waals surface area contributed by atoms with Crippen LogP contribution in [0.25, 0.3) is 0 Å². The number of pyridine rings is 1. The lowest BCUT2D eigenvalue weighted by molar-refractivity contribution is 0.0792. The van der Waals surface area contributed by atoms with Gasteiger partial charge in [0.25, 0.3) is 5.91 Å². The number of aromatic nitrogens is 1. The summed E-state index contributed by atoms with van der Waals surface area (Å²) in [5, 5.41) is 3.64. The summed E-state index contributed by atoms with van der Waals surface area (Å²) in [4.78, 5) is 18.2. The van der Waals surface area contributed by atoms with E-state index in [0.717, 1.165) is 38.9 Å². The summed E-state index contributed by atoms with van der Waals surface area (Å²) < 4.78 is 0. The fourth-order valence-corrected chi connectivity index (χ4v) is 2.26. The predicted molar refractivity (Wildman–Crippen MR) is 73.2 cm³/mol. The number of halogens is 1. The van der Waals surface area contributed by atoms with Gasteiger partial charge in [-0.15, -0.1) is 0 Å². The number of likely N-dealkylation sites (tertiary alicyclic amines) is 1. The molecular formula is C13H18ClN3O. The lowest BCUT2D eigenvalue weighted by atomic mass is 10.2. The summed E-state index contributed by atoms with van der Waals surface area (Å²) in [6, 6.07) is 1.70. The Hall–Kier alpha value is -1.29. The van der Waals surface area contributed by atoms with Crippen LogP contribution in [0.3, 0.4) is 0 Å². The van der Waals surface area contributed by atoms with E-state index in [2.05, 4.69) is 17.2 Å². The molecule has 18 heavy (non-hydrogen) atoms. The van der Waals surface area contributed by atoms with Crippen molar-refractivity contribution in [3.8, 4) is 0 Å². The topological polar surface area (TPSA) is 45.2 Å². The second-order valence-corrected chi connectivity index (χ2v) is 4.89. The van der Waals surface area contributed by atoms with Gasteiger partial charge in [0.1, 0.15) is 5.82 Å². The minimum atomic E-state index is 0.0314. The van der Waals surface area contributed by atoms with Gasteiger partial charge < -0.3 is 10.2 Å². The van der Waals surface area contributed by atoms with Crippen molar-refractivity contribution >= 4 is 23.3 Å². The van der Waals surface area contributed by atoms with Crippen LogP contribution >= 0.6 is 11.6 Å². The smallest absolute Gasteiger partial charge is 0.255 e. The van der Waals surface area contributed by atoms with E-state index in [0.29, 0.717) is 16.4 Å². The lowest BCUT2D eigenvalue weighted by Crippen LogP contribution is -2.27. The quantitative estimate of drug-likeness (QED) is 0.912. The first-order valence-corrected chi connectivity index (χ1v) is 6.79. The molecule has 1 N–H and O–H groups in total. The molecule has 0 radical (unpaired) electrons.